The molecule has 3 aromatic rings. The van der Waals surface area contributed by atoms with Gasteiger partial charge in [0.15, 0.2) is 0 Å². The zero-order chi connectivity index (χ0) is 21.2. The molecule has 2 aromatic heterocycles. The van der Waals surface area contributed by atoms with Gasteiger partial charge in [0.05, 0.1) is 19.0 Å². The van der Waals surface area contributed by atoms with Gasteiger partial charge in [0, 0.05) is 30.6 Å². The molecule has 0 saturated heterocycles. The van der Waals surface area contributed by atoms with E-state index in [1.54, 1.807) is 32.7 Å². The van der Waals surface area contributed by atoms with E-state index in [0.717, 1.165) is 33.7 Å². The first kappa shape index (κ1) is 21.0. The van der Waals surface area contributed by atoms with Crippen LogP contribution in [0.3, 0.4) is 0 Å². The van der Waals surface area contributed by atoms with Crippen LogP contribution in [0, 0.1) is 0 Å². The Balaban J connectivity index is 1.72. The maximum atomic E-state index is 6.06. The third-order valence-corrected chi connectivity index (χ3v) is 4.48. The number of hydrogen-bond acceptors (Lipinski definition) is 5. The molecule has 0 amide bonds. The molecule has 2 heterocycles. The molecule has 0 N–H and O–H groups in total. The molecule has 0 bridgehead atoms. The monoisotopic (exact) mass is 399 g/mol. The van der Waals surface area contributed by atoms with Crippen molar-refractivity contribution < 1.29 is 9.47 Å². The molecule has 0 radical (unpaired) electrons. The van der Waals surface area contributed by atoms with Gasteiger partial charge in [-0.2, -0.15) is 0 Å². The van der Waals surface area contributed by atoms with E-state index in [-0.39, 0.29) is 0 Å². The van der Waals surface area contributed by atoms with E-state index in [1.807, 2.05) is 73.7 Å². The summed E-state index contributed by atoms with van der Waals surface area (Å²) in [6, 6.07) is 15.9. The molecule has 0 aliphatic carbocycles. The number of allylic oxidation sites excluding steroid dienone is 3. The molecule has 152 valence electrons. The molecule has 0 fully saturated rings. The topological polar surface area (TPSA) is 56.6 Å². The second-order valence-electron chi connectivity index (χ2n) is 6.44. The molecule has 5 heteroatoms. The van der Waals surface area contributed by atoms with E-state index in [1.165, 1.54) is 0 Å². The largest absolute Gasteiger partial charge is 0.495 e. The fourth-order valence-corrected chi connectivity index (χ4v) is 2.87. The summed E-state index contributed by atoms with van der Waals surface area (Å²) in [7, 11) is 3.37. The van der Waals surface area contributed by atoms with Crippen LogP contribution in [-0.2, 0) is 11.3 Å². The Hall–Kier alpha value is -3.73. The highest BCUT2D eigenvalue weighted by molar-refractivity contribution is 6.19. The van der Waals surface area contributed by atoms with Crippen molar-refractivity contribution in [2.24, 2.45) is 4.99 Å². The number of ether oxygens (including phenoxy) is 2. The fraction of sp³-hybridized carbons (Fsp3) is 0.160. The maximum Gasteiger partial charge on any atom is 0.216 e. The normalized spacial score (nSPS) is 12.2. The van der Waals surface area contributed by atoms with Crippen LogP contribution >= 0.6 is 0 Å². The van der Waals surface area contributed by atoms with Crippen LogP contribution in [0.1, 0.15) is 18.1 Å². The first-order valence-corrected chi connectivity index (χ1v) is 9.68. The Morgan fingerprint density at radius 1 is 1.03 bits per heavy atom. The molecule has 0 aliphatic heterocycles. The van der Waals surface area contributed by atoms with Crippen molar-refractivity contribution >= 4 is 11.5 Å². The standard InChI is InChI=1S/C25H25N3O2/c1-4-5-6-23(20-13-15-27-16-14-20)25(26-2)30-18-19-7-9-21(10-8-19)24-12-11-22(29-3)17-28-24/h4-17H,18H2,1-3H3/b5-4-,23-6-,26-25+. The summed E-state index contributed by atoms with van der Waals surface area (Å²) in [5.41, 5.74) is 4.90. The van der Waals surface area contributed by atoms with Gasteiger partial charge in [-0.3, -0.25) is 15.0 Å². The first-order valence-electron chi connectivity index (χ1n) is 9.68. The van der Waals surface area contributed by atoms with Gasteiger partial charge >= 0.3 is 0 Å². The quantitative estimate of drug-likeness (QED) is 0.305. The Labute approximate surface area is 177 Å². The van der Waals surface area contributed by atoms with Crippen LogP contribution in [0.2, 0.25) is 0 Å². The van der Waals surface area contributed by atoms with Crippen LogP contribution < -0.4 is 4.74 Å². The minimum Gasteiger partial charge on any atom is -0.495 e. The van der Waals surface area contributed by atoms with Gasteiger partial charge < -0.3 is 9.47 Å². The van der Waals surface area contributed by atoms with Crippen molar-refractivity contribution in [3.8, 4) is 17.0 Å². The van der Waals surface area contributed by atoms with Gasteiger partial charge in [0.1, 0.15) is 12.4 Å². The number of nitrogens with zero attached hydrogens (tertiary/aromatic N) is 3. The van der Waals surface area contributed by atoms with E-state index in [0.29, 0.717) is 12.5 Å². The summed E-state index contributed by atoms with van der Waals surface area (Å²) in [5, 5.41) is 0. The van der Waals surface area contributed by atoms with Gasteiger partial charge in [-0.05, 0) is 48.4 Å². The second kappa shape index (κ2) is 10.7. The van der Waals surface area contributed by atoms with Gasteiger partial charge in [-0.25, -0.2) is 0 Å². The zero-order valence-corrected chi connectivity index (χ0v) is 17.4. The van der Waals surface area contributed by atoms with Crippen LogP contribution in [0.5, 0.6) is 5.75 Å². The highest BCUT2D eigenvalue weighted by atomic mass is 16.5. The molecule has 0 spiro atoms. The number of pyridine rings is 2. The van der Waals surface area contributed by atoms with E-state index in [9.17, 15) is 0 Å². The predicted molar refractivity (Wildman–Crippen MR) is 121 cm³/mol. The fourth-order valence-electron chi connectivity index (χ4n) is 2.87. The molecular weight excluding hydrogens is 374 g/mol. The summed E-state index contributed by atoms with van der Waals surface area (Å²) in [5.74, 6) is 1.33. The lowest BCUT2D eigenvalue weighted by Gasteiger charge is -2.13. The van der Waals surface area contributed by atoms with Crippen molar-refractivity contribution in [3.05, 3.63) is 96.5 Å². The van der Waals surface area contributed by atoms with Crippen LogP contribution in [0.15, 0.2) is 90.3 Å². The number of aliphatic imine (C=N–C) groups is 1. The van der Waals surface area contributed by atoms with Crippen LogP contribution in [0.4, 0.5) is 0 Å². The van der Waals surface area contributed by atoms with Gasteiger partial charge in [-0.1, -0.05) is 36.4 Å². The third kappa shape index (κ3) is 5.41. The van der Waals surface area contributed by atoms with E-state index in [2.05, 4.69) is 15.0 Å². The molecule has 0 unspecified atom stereocenters. The average molecular weight is 399 g/mol. The number of aromatic nitrogens is 2. The van der Waals surface area contributed by atoms with Crippen molar-refractivity contribution in [1.29, 1.82) is 0 Å². The summed E-state index contributed by atoms with van der Waals surface area (Å²) >= 11 is 0. The maximum absolute atomic E-state index is 6.06. The summed E-state index contributed by atoms with van der Waals surface area (Å²) in [6.45, 7) is 2.39. The highest BCUT2D eigenvalue weighted by Gasteiger charge is 2.11. The number of hydrogen-bond donors (Lipinski definition) is 0. The predicted octanol–water partition coefficient (Wildman–Crippen LogP) is 5.36. The minimum absolute atomic E-state index is 0.418. The zero-order valence-electron chi connectivity index (χ0n) is 17.4. The smallest absolute Gasteiger partial charge is 0.216 e. The summed E-state index contributed by atoms with van der Waals surface area (Å²) in [4.78, 5) is 12.9. The average Bonchev–Trinajstić information content (AvgIpc) is 2.82. The van der Waals surface area contributed by atoms with Crippen molar-refractivity contribution in [2.75, 3.05) is 14.2 Å². The highest BCUT2D eigenvalue weighted by Crippen LogP contribution is 2.21. The summed E-state index contributed by atoms with van der Waals surface area (Å²) in [6.07, 6.45) is 11.2. The molecular formula is C25H25N3O2. The lowest BCUT2D eigenvalue weighted by atomic mass is 10.1. The lowest BCUT2D eigenvalue weighted by Crippen LogP contribution is -2.08. The third-order valence-electron chi connectivity index (χ3n) is 4.48. The van der Waals surface area contributed by atoms with Crippen molar-refractivity contribution in [2.45, 2.75) is 13.5 Å². The lowest BCUT2D eigenvalue weighted by molar-refractivity contribution is 0.296. The van der Waals surface area contributed by atoms with E-state index >= 15 is 0 Å². The molecule has 0 saturated carbocycles. The number of benzene rings is 1. The second-order valence-corrected chi connectivity index (χ2v) is 6.44. The molecule has 3 rings (SSSR count). The first-order chi connectivity index (χ1) is 14.7. The molecule has 0 aliphatic rings. The summed E-state index contributed by atoms with van der Waals surface area (Å²) < 4.78 is 11.2. The Bertz CT molecular complexity index is 1020. The van der Waals surface area contributed by atoms with Gasteiger partial charge in [0.25, 0.3) is 0 Å². The van der Waals surface area contributed by atoms with Crippen LogP contribution in [-0.4, -0.2) is 30.0 Å². The molecule has 1 aromatic carbocycles. The van der Waals surface area contributed by atoms with Crippen molar-refractivity contribution in [3.63, 3.8) is 0 Å². The number of methoxy groups -OCH3 is 1. The Kier molecular flexibility index (Phi) is 7.50. The van der Waals surface area contributed by atoms with Crippen molar-refractivity contribution in [1.82, 2.24) is 9.97 Å². The van der Waals surface area contributed by atoms with Gasteiger partial charge in [0.2, 0.25) is 5.90 Å². The van der Waals surface area contributed by atoms with Crippen LogP contribution in [0.25, 0.3) is 16.8 Å². The SMILES string of the molecule is C\C=C/C=C(\C(=N/C)OCc1ccc(-c2ccc(OC)cn2)cc1)c1ccncc1. The Morgan fingerprint density at radius 2 is 1.80 bits per heavy atom. The number of rotatable bonds is 7. The Morgan fingerprint density at radius 3 is 2.40 bits per heavy atom. The minimum atomic E-state index is 0.418. The van der Waals surface area contributed by atoms with Gasteiger partial charge in [-0.15, -0.1) is 0 Å². The molecule has 30 heavy (non-hydrogen) atoms. The molecule has 5 nitrogen and oxygen atoms in total. The molecule has 0 atom stereocenters. The van der Waals surface area contributed by atoms with E-state index in [4.69, 9.17) is 9.47 Å². The van der Waals surface area contributed by atoms with E-state index < -0.39 is 0 Å².